The molecule has 0 unspecified atom stereocenters. The number of hydrogen-bond acceptors (Lipinski definition) is 4. The lowest BCUT2D eigenvalue weighted by Crippen LogP contribution is -2.33. The molecule has 1 aliphatic heterocycles. The highest BCUT2D eigenvalue weighted by molar-refractivity contribution is 5.93. The van der Waals surface area contributed by atoms with Crippen LogP contribution in [0.25, 0.3) is 0 Å². The second-order valence-electron chi connectivity index (χ2n) is 7.78. The van der Waals surface area contributed by atoms with Crippen LogP contribution in [0, 0.1) is 0 Å². The highest BCUT2D eigenvalue weighted by atomic mass is 16.5. The van der Waals surface area contributed by atoms with Crippen LogP contribution in [0.1, 0.15) is 48.1 Å². The van der Waals surface area contributed by atoms with Crippen LogP contribution < -0.4 is 10.1 Å². The fourth-order valence-electron chi connectivity index (χ4n) is 3.21. The first-order chi connectivity index (χ1) is 12.4. The lowest BCUT2D eigenvalue weighted by Gasteiger charge is -2.23. The summed E-state index contributed by atoms with van der Waals surface area (Å²) in [5.74, 6) is 0.821. The van der Waals surface area contributed by atoms with E-state index in [9.17, 15) is 4.79 Å². The van der Waals surface area contributed by atoms with Crippen LogP contribution in [-0.2, 0) is 18.4 Å². The van der Waals surface area contributed by atoms with Gasteiger partial charge in [0.05, 0.1) is 12.2 Å². The lowest BCUT2D eigenvalue weighted by atomic mass is 9.86. The first kappa shape index (κ1) is 18.5. The number of rotatable bonds is 5. The van der Waals surface area contributed by atoms with Gasteiger partial charge < -0.3 is 15.0 Å². The van der Waals surface area contributed by atoms with Gasteiger partial charge in [0, 0.05) is 19.2 Å². The maximum Gasteiger partial charge on any atom is 0.274 e. The number of aromatic amines is 1. The molecule has 1 aromatic carbocycles. The summed E-state index contributed by atoms with van der Waals surface area (Å²) >= 11 is 0. The van der Waals surface area contributed by atoms with Crippen molar-refractivity contribution in [3.05, 3.63) is 46.8 Å². The summed E-state index contributed by atoms with van der Waals surface area (Å²) in [5.41, 5.74) is 3.78. The molecule has 1 aliphatic rings. The van der Waals surface area contributed by atoms with Crippen LogP contribution in [0.2, 0.25) is 0 Å². The molecule has 6 nitrogen and oxygen atoms in total. The predicted octanol–water partition coefficient (Wildman–Crippen LogP) is 2.50. The Kier molecular flexibility index (Phi) is 5.32. The summed E-state index contributed by atoms with van der Waals surface area (Å²) in [4.78, 5) is 14.4. The molecule has 6 heteroatoms. The lowest BCUT2D eigenvalue weighted by molar-refractivity contribution is 0.0766. The highest BCUT2D eigenvalue weighted by Crippen LogP contribution is 2.30. The van der Waals surface area contributed by atoms with Gasteiger partial charge in [-0.1, -0.05) is 39.0 Å². The van der Waals surface area contributed by atoms with E-state index in [0.29, 0.717) is 18.8 Å². The van der Waals surface area contributed by atoms with E-state index < -0.39 is 0 Å². The third-order valence-corrected chi connectivity index (χ3v) is 4.73. The molecule has 0 spiro atoms. The Morgan fingerprint density at radius 1 is 1.31 bits per heavy atom. The maximum atomic E-state index is 12.7. The van der Waals surface area contributed by atoms with Crippen molar-refractivity contribution in [2.45, 2.75) is 39.2 Å². The molecule has 0 saturated heterocycles. The molecule has 0 atom stereocenters. The second-order valence-corrected chi connectivity index (χ2v) is 7.78. The molecule has 2 N–H and O–H groups in total. The predicted molar refractivity (Wildman–Crippen MR) is 102 cm³/mol. The topological polar surface area (TPSA) is 70.2 Å². The van der Waals surface area contributed by atoms with Gasteiger partial charge >= 0.3 is 0 Å². The average Bonchev–Trinajstić information content (AvgIpc) is 3.04. The molecule has 0 saturated carbocycles. The summed E-state index contributed by atoms with van der Waals surface area (Å²) in [6, 6.07) is 8.08. The average molecular weight is 356 g/mol. The molecule has 2 aromatic rings. The van der Waals surface area contributed by atoms with E-state index in [2.05, 4.69) is 42.4 Å². The maximum absolute atomic E-state index is 12.7. The summed E-state index contributed by atoms with van der Waals surface area (Å²) in [5, 5.41) is 10.5. The van der Waals surface area contributed by atoms with Gasteiger partial charge in [-0.3, -0.25) is 9.89 Å². The van der Waals surface area contributed by atoms with Crippen molar-refractivity contribution >= 4 is 5.91 Å². The second kappa shape index (κ2) is 7.50. The molecule has 1 aromatic heterocycles. The number of benzene rings is 1. The molecular weight excluding hydrogens is 328 g/mol. The van der Waals surface area contributed by atoms with Crippen molar-refractivity contribution in [2.75, 3.05) is 26.7 Å². The molecule has 26 heavy (non-hydrogen) atoms. The standard InChI is InChI=1S/C20H28N4O2/c1-20(2,3)15-7-5-6-8-17(15)26-12-11-24(4)19(25)18-14-9-10-21-13-16(14)22-23-18/h5-8,21H,9-13H2,1-4H3,(H,22,23). The monoisotopic (exact) mass is 356 g/mol. The Bertz CT molecular complexity index is 776. The zero-order chi connectivity index (χ0) is 18.7. The number of likely N-dealkylation sites (N-methyl/N-ethyl adjacent to an activating group) is 1. The SMILES string of the molecule is CN(CCOc1ccccc1C(C)(C)C)C(=O)c1n[nH]c2c1CCNC2. The largest absolute Gasteiger partial charge is 0.491 e. The van der Waals surface area contributed by atoms with E-state index in [0.717, 1.165) is 36.5 Å². The summed E-state index contributed by atoms with van der Waals surface area (Å²) in [6.45, 7) is 9.08. The van der Waals surface area contributed by atoms with Gasteiger partial charge in [-0.05, 0) is 30.0 Å². The van der Waals surface area contributed by atoms with Gasteiger partial charge in [-0.25, -0.2) is 0 Å². The summed E-state index contributed by atoms with van der Waals surface area (Å²) < 4.78 is 5.98. The van der Waals surface area contributed by atoms with Crippen molar-refractivity contribution in [3.8, 4) is 5.75 Å². The number of ether oxygens (including phenoxy) is 1. The molecule has 0 bridgehead atoms. The highest BCUT2D eigenvalue weighted by Gasteiger charge is 2.24. The fraction of sp³-hybridized carbons (Fsp3) is 0.500. The molecular formula is C20H28N4O2. The zero-order valence-corrected chi connectivity index (χ0v) is 16.1. The number of nitrogens with one attached hydrogen (secondary N) is 2. The number of hydrogen-bond donors (Lipinski definition) is 2. The molecule has 2 heterocycles. The van der Waals surface area contributed by atoms with Crippen molar-refractivity contribution in [1.29, 1.82) is 0 Å². The molecule has 3 rings (SSSR count). The van der Waals surface area contributed by atoms with Crippen molar-refractivity contribution < 1.29 is 9.53 Å². The van der Waals surface area contributed by atoms with E-state index in [1.54, 1.807) is 11.9 Å². The Morgan fingerprint density at radius 2 is 2.08 bits per heavy atom. The van der Waals surface area contributed by atoms with Gasteiger partial charge in [0.1, 0.15) is 12.4 Å². The number of carbonyl (C=O) groups is 1. The van der Waals surface area contributed by atoms with Crippen LogP contribution in [0.4, 0.5) is 0 Å². The van der Waals surface area contributed by atoms with Crippen molar-refractivity contribution in [3.63, 3.8) is 0 Å². The van der Waals surface area contributed by atoms with Gasteiger partial charge in [-0.15, -0.1) is 0 Å². The van der Waals surface area contributed by atoms with Crippen LogP contribution in [0.3, 0.4) is 0 Å². The normalized spacial score (nSPS) is 14.0. The van der Waals surface area contributed by atoms with Gasteiger partial charge in [0.2, 0.25) is 0 Å². The van der Waals surface area contributed by atoms with Gasteiger partial charge in [0.15, 0.2) is 5.69 Å². The third kappa shape index (κ3) is 3.90. The molecule has 1 amide bonds. The van der Waals surface area contributed by atoms with Crippen LogP contribution in [0.15, 0.2) is 24.3 Å². The van der Waals surface area contributed by atoms with E-state index in [1.807, 2.05) is 18.2 Å². The number of carbonyl (C=O) groups excluding carboxylic acids is 1. The minimum Gasteiger partial charge on any atom is -0.491 e. The Labute approximate surface area is 154 Å². The minimum absolute atomic E-state index is 0.0143. The Balaban J connectivity index is 1.61. The van der Waals surface area contributed by atoms with E-state index in [1.165, 1.54) is 5.56 Å². The zero-order valence-electron chi connectivity index (χ0n) is 16.1. The molecule has 0 aliphatic carbocycles. The number of nitrogens with zero attached hydrogens (tertiary/aromatic N) is 2. The van der Waals surface area contributed by atoms with E-state index >= 15 is 0 Å². The van der Waals surface area contributed by atoms with Crippen LogP contribution in [-0.4, -0.2) is 47.7 Å². The summed E-state index contributed by atoms with van der Waals surface area (Å²) in [6.07, 6.45) is 0.830. The number of H-pyrrole nitrogens is 1. The molecule has 140 valence electrons. The smallest absolute Gasteiger partial charge is 0.274 e. The van der Waals surface area contributed by atoms with E-state index in [4.69, 9.17) is 4.74 Å². The Morgan fingerprint density at radius 3 is 2.85 bits per heavy atom. The molecule has 0 fully saturated rings. The number of para-hydroxylation sites is 1. The van der Waals surface area contributed by atoms with Gasteiger partial charge in [-0.2, -0.15) is 5.10 Å². The van der Waals surface area contributed by atoms with Crippen molar-refractivity contribution in [1.82, 2.24) is 20.4 Å². The van der Waals surface area contributed by atoms with Crippen LogP contribution in [0.5, 0.6) is 5.75 Å². The summed E-state index contributed by atoms with van der Waals surface area (Å²) in [7, 11) is 1.80. The number of fused-ring (bicyclic) bond motifs is 1. The van der Waals surface area contributed by atoms with E-state index in [-0.39, 0.29) is 11.3 Å². The van der Waals surface area contributed by atoms with Crippen molar-refractivity contribution in [2.24, 2.45) is 0 Å². The first-order valence-electron chi connectivity index (χ1n) is 9.12. The molecule has 0 radical (unpaired) electrons. The number of aromatic nitrogens is 2. The third-order valence-electron chi connectivity index (χ3n) is 4.73. The van der Waals surface area contributed by atoms with Crippen LogP contribution >= 0.6 is 0 Å². The fourth-order valence-corrected chi connectivity index (χ4v) is 3.21. The Hall–Kier alpha value is -2.34. The van der Waals surface area contributed by atoms with Gasteiger partial charge in [0.25, 0.3) is 5.91 Å². The minimum atomic E-state index is -0.0582. The first-order valence-corrected chi connectivity index (χ1v) is 9.12. The number of amides is 1. The quantitative estimate of drug-likeness (QED) is 0.864.